The number of alkyl halides is 1. The standard InChI is InChI=1S/C37H48FN5O10S/c1-5-22-14-21(2)8-6-7-9-24-18-37(24,34(46)42-54(49,50)36(20-38)12-13-36)41-31(44)28-17-26(19-43(28)33(45)30(22)40-35(47)48)53-32-27-11-10-25(51-3)15-23(27)16-29(39-32)52-4/h7,9-11,15-16,21-22,24,26,28,30,40H,5-6,8,12-14,17-20H2,1-4H3,(H,41,44)(H,42,46)(H,47,48)/t21-,22-,24-,26-,28+,30+,37-/m1/s1. The minimum absolute atomic E-state index is 0.0669. The summed E-state index contributed by atoms with van der Waals surface area (Å²) in [7, 11) is -1.41. The van der Waals surface area contributed by atoms with Gasteiger partial charge >= 0.3 is 6.09 Å². The molecule has 2 saturated carbocycles. The molecule has 15 nitrogen and oxygen atoms in total. The number of sulfonamides is 1. The molecule has 0 radical (unpaired) electrons. The fourth-order valence-corrected chi connectivity index (χ4v) is 9.19. The van der Waals surface area contributed by atoms with E-state index in [1.54, 1.807) is 30.3 Å². The Morgan fingerprint density at radius 1 is 1.15 bits per heavy atom. The van der Waals surface area contributed by atoms with Crippen LogP contribution in [0.4, 0.5) is 9.18 Å². The summed E-state index contributed by atoms with van der Waals surface area (Å²) in [5.41, 5.74) is -1.68. The minimum Gasteiger partial charge on any atom is -0.497 e. The lowest BCUT2D eigenvalue weighted by Crippen LogP contribution is -2.59. The number of aromatic nitrogens is 1. The number of hydrogen-bond acceptors (Lipinski definition) is 10. The van der Waals surface area contributed by atoms with Crippen molar-refractivity contribution in [2.45, 2.75) is 93.7 Å². The molecule has 3 heterocycles. The Morgan fingerprint density at radius 3 is 2.56 bits per heavy atom. The number of rotatable bonds is 10. The average molecular weight is 774 g/mol. The van der Waals surface area contributed by atoms with Crippen LogP contribution < -0.4 is 29.6 Å². The molecular weight excluding hydrogens is 725 g/mol. The second-order valence-electron chi connectivity index (χ2n) is 15.0. The highest BCUT2D eigenvalue weighted by Crippen LogP contribution is 2.48. The lowest BCUT2D eigenvalue weighted by Gasteiger charge is -2.33. The van der Waals surface area contributed by atoms with Crippen molar-refractivity contribution in [3.05, 3.63) is 36.4 Å². The van der Waals surface area contributed by atoms with Crippen molar-refractivity contribution in [1.82, 2.24) is 25.2 Å². The van der Waals surface area contributed by atoms with Crippen molar-refractivity contribution in [3.63, 3.8) is 0 Å². The molecule has 0 unspecified atom stereocenters. The number of nitrogens with zero attached hydrogens (tertiary/aromatic N) is 2. The Balaban J connectivity index is 1.36. The van der Waals surface area contributed by atoms with Crippen LogP contribution in [0, 0.1) is 17.8 Å². The van der Waals surface area contributed by atoms with Crippen LogP contribution in [0.25, 0.3) is 10.8 Å². The topological polar surface area (TPSA) is 203 Å². The molecule has 17 heteroatoms. The Labute approximate surface area is 313 Å². The van der Waals surface area contributed by atoms with Gasteiger partial charge in [0.05, 0.1) is 20.8 Å². The summed E-state index contributed by atoms with van der Waals surface area (Å²) in [5, 5.41) is 16.4. The molecule has 6 rings (SSSR count). The normalized spacial score (nSPS) is 29.5. The zero-order valence-corrected chi connectivity index (χ0v) is 31.6. The summed E-state index contributed by atoms with van der Waals surface area (Å²) in [5.74, 6) is -2.24. The summed E-state index contributed by atoms with van der Waals surface area (Å²) in [6, 6.07) is 4.53. The van der Waals surface area contributed by atoms with E-state index in [1.807, 2.05) is 19.9 Å². The van der Waals surface area contributed by atoms with Gasteiger partial charge < -0.3 is 34.9 Å². The number of fused-ring (bicyclic) bond motifs is 3. The van der Waals surface area contributed by atoms with Gasteiger partial charge in [0.15, 0.2) is 0 Å². The molecule has 3 fully saturated rings. The zero-order chi connectivity index (χ0) is 39.0. The van der Waals surface area contributed by atoms with E-state index >= 15 is 0 Å². The third kappa shape index (κ3) is 7.64. The van der Waals surface area contributed by atoms with Crippen LogP contribution in [0.15, 0.2) is 36.4 Å². The van der Waals surface area contributed by atoms with Gasteiger partial charge in [-0.25, -0.2) is 17.6 Å². The van der Waals surface area contributed by atoms with Gasteiger partial charge in [-0.15, -0.1) is 0 Å². The number of carboxylic acid groups (broad SMARTS) is 1. The van der Waals surface area contributed by atoms with E-state index in [0.29, 0.717) is 42.2 Å². The Bertz CT molecular complexity index is 1940. The molecular formula is C37H48FN5O10S. The first-order valence-corrected chi connectivity index (χ1v) is 19.8. The predicted molar refractivity (Wildman–Crippen MR) is 194 cm³/mol. The molecule has 2 aromatic rings. The highest BCUT2D eigenvalue weighted by molar-refractivity contribution is 7.91. The van der Waals surface area contributed by atoms with Crippen molar-refractivity contribution in [2.24, 2.45) is 17.8 Å². The molecule has 4 N–H and O–H groups in total. The van der Waals surface area contributed by atoms with E-state index in [-0.39, 0.29) is 49.9 Å². The van der Waals surface area contributed by atoms with Crippen molar-refractivity contribution in [1.29, 1.82) is 0 Å². The maximum atomic E-state index is 14.6. The van der Waals surface area contributed by atoms with E-state index in [0.717, 1.165) is 0 Å². The number of halogens is 1. The number of pyridine rings is 1. The molecule has 54 heavy (non-hydrogen) atoms. The van der Waals surface area contributed by atoms with Crippen molar-refractivity contribution < 1.29 is 51.3 Å². The molecule has 1 aromatic carbocycles. The van der Waals surface area contributed by atoms with Gasteiger partial charge in [-0.2, -0.15) is 4.98 Å². The molecule has 294 valence electrons. The second kappa shape index (κ2) is 15.2. The number of nitrogens with one attached hydrogen (secondary N) is 3. The maximum Gasteiger partial charge on any atom is 0.405 e. The molecule has 4 amide bonds. The number of carbonyl (C=O) groups excluding carboxylic acids is 3. The first-order chi connectivity index (χ1) is 25.7. The third-order valence-electron chi connectivity index (χ3n) is 11.4. The number of allylic oxidation sites excluding steroid dienone is 1. The maximum absolute atomic E-state index is 14.6. The zero-order valence-electron chi connectivity index (χ0n) is 30.8. The summed E-state index contributed by atoms with van der Waals surface area (Å²) in [6.07, 6.45) is 3.91. The molecule has 7 atom stereocenters. The van der Waals surface area contributed by atoms with Gasteiger partial charge in [-0.3, -0.25) is 19.1 Å². The Kier molecular flexibility index (Phi) is 11.0. The van der Waals surface area contributed by atoms with Crippen LogP contribution in [0.5, 0.6) is 17.5 Å². The van der Waals surface area contributed by atoms with Crippen LogP contribution in [0.2, 0.25) is 0 Å². The second-order valence-corrected chi connectivity index (χ2v) is 17.1. The average Bonchev–Trinajstić information content (AvgIpc) is 4.05. The summed E-state index contributed by atoms with van der Waals surface area (Å²) >= 11 is 0. The summed E-state index contributed by atoms with van der Waals surface area (Å²) in [6.45, 7) is 2.62. The molecule has 4 aliphatic rings. The molecule has 2 aliphatic carbocycles. The van der Waals surface area contributed by atoms with Crippen LogP contribution in [0.1, 0.15) is 65.2 Å². The lowest BCUT2D eigenvalue weighted by molar-refractivity contribution is -0.142. The third-order valence-corrected chi connectivity index (χ3v) is 13.5. The Hall–Kier alpha value is -4.67. The minimum atomic E-state index is -4.40. The molecule has 0 bridgehead atoms. The first-order valence-electron chi connectivity index (χ1n) is 18.3. The van der Waals surface area contributed by atoms with Gasteiger partial charge in [0, 0.05) is 23.8 Å². The SMILES string of the molecule is CC[C@@H]1C[C@H](C)CCC=C[C@@H]2C[C@@]2(C(=O)NS(=O)(=O)C2(CF)CC2)NC(=O)[C@@H]2C[C@@H](Oc3nc(OC)cc4cc(OC)ccc34)CN2C(=O)[C@H]1NC(=O)O. The number of benzene rings is 1. The number of ether oxygens (including phenoxy) is 3. The van der Waals surface area contributed by atoms with Gasteiger partial charge in [0.1, 0.15) is 40.9 Å². The van der Waals surface area contributed by atoms with Gasteiger partial charge in [0.2, 0.25) is 33.6 Å². The Morgan fingerprint density at radius 2 is 1.91 bits per heavy atom. The highest BCUT2D eigenvalue weighted by Gasteiger charge is 2.64. The molecule has 2 aliphatic heterocycles. The number of carbonyl (C=O) groups is 4. The number of methoxy groups -OCH3 is 2. The fourth-order valence-electron chi connectivity index (χ4n) is 7.76. The van der Waals surface area contributed by atoms with Crippen LogP contribution >= 0.6 is 0 Å². The lowest BCUT2D eigenvalue weighted by atomic mass is 9.85. The molecule has 1 saturated heterocycles. The highest BCUT2D eigenvalue weighted by atomic mass is 32.2. The van der Waals surface area contributed by atoms with Crippen LogP contribution in [-0.4, -0.2) is 103 Å². The first kappa shape index (κ1) is 39.0. The van der Waals surface area contributed by atoms with E-state index in [9.17, 15) is 37.1 Å². The van der Waals surface area contributed by atoms with E-state index in [1.165, 1.54) is 19.1 Å². The fraction of sp³-hybridized carbons (Fsp3) is 0.595. The van der Waals surface area contributed by atoms with E-state index in [2.05, 4.69) is 20.3 Å². The van der Waals surface area contributed by atoms with Gasteiger partial charge in [-0.05, 0) is 73.9 Å². The predicted octanol–water partition coefficient (Wildman–Crippen LogP) is 3.46. The number of amides is 4. The van der Waals surface area contributed by atoms with E-state index < -0.39 is 80.8 Å². The van der Waals surface area contributed by atoms with Gasteiger partial charge in [-0.1, -0.05) is 32.4 Å². The van der Waals surface area contributed by atoms with Crippen molar-refractivity contribution in [2.75, 3.05) is 27.4 Å². The van der Waals surface area contributed by atoms with Crippen LogP contribution in [0.3, 0.4) is 0 Å². The monoisotopic (exact) mass is 773 g/mol. The summed E-state index contributed by atoms with van der Waals surface area (Å²) in [4.78, 5) is 60.7. The largest absolute Gasteiger partial charge is 0.497 e. The van der Waals surface area contributed by atoms with Crippen molar-refractivity contribution in [3.8, 4) is 17.5 Å². The smallest absolute Gasteiger partial charge is 0.405 e. The van der Waals surface area contributed by atoms with E-state index in [4.69, 9.17) is 14.2 Å². The quantitative estimate of drug-likeness (QED) is 0.258. The number of hydrogen-bond donors (Lipinski definition) is 4. The van der Waals surface area contributed by atoms with Crippen LogP contribution in [-0.2, 0) is 24.4 Å². The molecule has 0 spiro atoms. The van der Waals surface area contributed by atoms with Crippen molar-refractivity contribution >= 4 is 44.6 Å². The molecule has 1 aromatic heterocycles. The summed E-state index contributed by atoms with van der Waals surface area (Å²) < 4.78 is 57.6. The van der Waals surface area contributed by atoms with Gasteiger partial charge in [0.25, 0.3) is 5.91 Å².